The highest BCUT2D eigenvalue weighted by Gasteiger charge is 2.17. The molecule has 0 aliphatic heterocycles. The van der Waals surface area contributed by atoms with E-state index >= 15 is 0 Å². The van der Waals surface area contributed by atoms with Crippen LogP contribution in [0.1, 0.15) is 18.0 Å². The van der Waals surface area contributed by atoms with Crippen molar-refractivity contribution in [2.45, 2.75) is 12.5 Å². The highest BCUT2D eigenvalue weighted by molar-refractivity contribution is 6.36. The monoisotopic (exact) mass is 233 g/mol. The fourth-order valence-electron chi connectivity index (χ4n) is 1.20. The molecule has 0 heterocycles. The van der Waals surface area contributed by atoms with E-state index in [1.807, 2.05) is 0 Å². The maximum absolute atomic E-state index is 10.4. The van der Waals surface area contributed by atoms with Crippen LogP contribution in [0, 0.1) is 0 Å². The summed E-state index contributed by atoms with van der Waals surface area (Å²) in [6.07, 6.45) is -0.191. The molecule has 1 rings (SSSR count). The zero-order chi connectivity index (χ0) is 10.7. The van der Waals surface area contributed by atoms with Crippen molar-refractivity contribution in [3.8, 4) is 0 Å². The van der Waals surface area contributed by atoms with Crippen molar-refractivity contribution in [1.29, 1.82) is 0 Å². The van der Waals surface area contributed by atoms with Gasteiger partial charge in [0.1, 0.15) is 6.04 Å². The molecule has 76 valence electrons. The summed E-state index contributed by atoms with van der Waals surface area (Å²) in [5.74, 6) is -1.17. The van der Waals surface area contributed by atoms with Crippen LogP contribution in [0.15, 0.2) is 18.2 Å². The van der Waals surface area contributed by atoms with E-state index < -0.39 is 12.0 Å². The molecule has 0 aliphatic carbocycles. The van der Waals surface area contributed by atoms with E-state index in [0.29, 0.717) is 15.6 Å². The first-order chi connectivity index (χ1) is 6.52. The first kappa shape index (κ1) is 11.3. The van der Waals surface area contributed by atoms with Gasteiger partial charge in [0.2, 0.25) is 0 Å². The Hall–Kier alpha value is -0.770. The summed E-state index contributed by atoms with van der Waals surface area (Å²) in [4.78, 5) is 10.4. The number of rotatable bonds is 3. The summed E-state index contributed by atoms with van der Waals surface area (Å²) < 4.78 is 0. The van der Waals surface area contributed by atoms with Crippen LogP contribution in [-0.4, -0.2) is 5.97 Å². The van der Waals surface area contributed by atoms with Crippen LogP contribution in [0.25, 0.3) is 0 Å². The summed E-state index contributed by atoms with van der Waals surface area (Å²) >= 11 is 11.7. The van der Waals surface area contributed by atoms with Gasteiger partial charge in [0.05, 0.1) is 10.0 Å². The number of halogens is 2. The third kappa shape index (κ3) is 2.61. The Morgan fingerprint density at radius 1 is 1.43 bits per heavy atom. The highest BCUT2D eigenvalue weighted by Crippen LogP contribution is 2.29. The lowest BCUT2D eigenvalue weighted by Gasteiger charge is -2.12. The third-order valence-electron chi connectivity index (χ3n) is 1.82. The molecule has 3 nitrogen and oxygen atoms in total. The Bertz CT molecular complexity index is 334. The molecule has 0 amide bonds. The van der Waals surface area contributed by atoms with Crippen LogP contribution in [0.3, 0.4) is 0 Å². The maximum Gasteiger partial charge on any atom is 0.118 e. The smallest absolute Gasteiger partial charge is 0.118 e. The van der Waals surface area contributed by atoms with Crippen LogP contribution >= 0.6 is 23.2 Å². The molecule has 0 radical (unpaired) electrons. The predicted molar refractivity (Wildman–Crippen MR) is 51.7 cm³/mol. The number of carboxylic acids is 1. The first-order valence-corrected chi connectivity index (χ1v) is 4.74. The zero-order valence-corrected chi connectivity index (χ0v) is 8.81. The number of hydrogen-bond donors (Lipinski definition) is 1. The molecule has 0 bridgehead atoms. The molecule has 1 aromatic rings. The van der Waals surface area contributed by atoms with E-state index in [1.165, 1.54) is 0 Å². The molecule has 0 saturated heterocycles. The van der Waals surface area contributed by atoms with Gasteiger partial charge in [-0.15, -0.1) is 0 Å². The number of carboxylic acid groups (broad SMARTS) is 1. The third-order valence-corrected chi connectivity index (χ3v) is 2.48. The second kappa shape index (κ2) is 4.64. The summed E-state index contributed by atoms with van der Waals surface area (Å²) in [6, 6.07) is 4.51. The first-order valence-electron chi connectivity index (χ1n) is 3.99. The molecular formula is C9H9Cl2NO2. The van der Waals surface area contributed by atoms with Gasteiger partial charge in [-0.1, -0.05) is 29.3 Å². The number of carbonyl (C=O) groups excluding carboxylic acids is 1. The molecule has 0 unspecified atom stereocenters. The highest BCUT2D eigenvalue weighted by atomic mass is 35.5. The van der Waals surface area contributed by atoms with Gasteiger partial charge in [0, 0.05) is 18.0 Å². The minimum Gasteiger partial charge on any atom is -0.550 e. The Morgan fingerprint density at radius 2 is 1.93 bits per heavy atom. The van der Waals surface area contributed by atoms with Crippen molar-refractivity contribution < 1.29 is 15.6 Å². The molecule has 0 aliphatic rings. The van der Waals surface area contributed by atoms with Gasteiger partial charge in [-0.2, -0.15) is 0 Å². The van der Waals surface area contributed by atoms with Crippen LogP contribution < -0.4 is 10.8 Å². The molecule has 5 heteroatoms. The molecule has 1 aromatic carbocycles. The fraction of sp³-hybridized carbons (Fsp3) is 0.222. The minimum atomic E-state index is -1.17. The summed E-state index contributed by atoms with van der Waals surface area (Å²) in [7, 11) is 0. The number of aliphatic carboxylic acids is 1. The van der Waals surface area contributed by atoms with Crippen LogP contribution in [-0.2, 0) is 4.79 Å². The van der Waals surface area contributed by atoms with Crippen LogP contribution in [0.4, 0.5) is 0 Å². The van der Waals surface area contributed by atoms with E-state index in [9.17, 15) is 9.90 Å². The normalized spacial score (nSPS) is 12.5. The summed E-state index contributed by atoms with van der Waals surface area (Å²) in [5, 5.41) is 11.2. The molecule has 1 atom stereocenters. The van der Waals surface area contributed by atoms with Crippen molar-refractivity contribution in [3.63, 3.8) is 0 Å². The quantitative estimate of drug-likeness (QED) is 0.823. The number of carbonyl (C=O) groups is 1. The van der Waals surface area contributed by atoms with Crippen LogP contribution in [0.5, 0.6) is 0 Å². The van der Waals surface area contributed by atoms with Gasteiger partial charge in [0.15, 0.2) is 0 Å². The van der Waals surface area contributed by atoms with Gasteiger partial charge in [-0.05, 0) is 12.1 Å². The number of hydrogen-bond acceptors (Lipinski definition) is 2. The van der Waals surface area contributed by atoms with Gasteiger partial charge in [-0.3, -0.25) is 0 Å². The van der Waals surface area contributed by atoms with E-state index in [2.05, 4.69) is 5.73 Å². The fourth-order valence-corrected chi connectivity index (χ4v) is 1.91. The molecule has 14 heavy (non-hydrogen) atoms. The van der Waals surface area contributed by atoms with Crippen molar-refractivity contribution in [1.82, 2.24) is 0 Å². The lowest BCUT2D eigenvalue weighted by Crippen LogP contribution is -2.55. The average Bonchev–Trinajstić information content (AvgIpc) is 2.01. The Balaban J connectivity index is 2.99. The Morgan fingerprint density at radius 3 is 2.36 bits per heavy atom. The van der Waals surface area contributed by atoms with E-state index in [1.54, 1.807) is 18.2 Å². The van der Waals surface area contributed by atoms with Crippen molar-refractivity contribution >= 4 is 29.2 Å². The standard InChI is InChI=1S/C9H9Cl2NO2/c10-5-2-1-3-6(11)9(5)7(12)4-8(13)14/h1-3,7H,4,12H2,(H,13,14)/t7-/m0/s1. The predicted octanol–water partition coefficient (Wildman–Crippen LogP) is 0.416. The van der Waals surface area contributed by atoms with Gasteiger partial charge < -0.3 is 15.6 Å². The maximum atomic E-state index is 10.4. The Kier molecular flexibility index (Phi) is 3.75. The van der Waals surface area contributed by atoms with Crippen molar-refractivity contribution in [2.24, 2.45) is 0 Å². The number of quaternary nitrogens is 1. The average molecular weight is 234 g/mol. The topological polar surface area (TPSA) is 67.8 Å². The van der Waals surface area contributed by atoms with Crippen molar-refractivity contribution in [2.75, 3.05) is 0 Å². The number of benzene rings is 1. The van der Waals surface area contributed by atoms with Gasteiger partial charge in [-0.25, -0.2) is 0 Å². The molecule has 3 N–H and O–H groups in total. The van der Waals surface area contributed by atoms with Crippen molar-refractivity contribution in [3.05, 3.63) is 33.8 Å². The lowest BCUT2D eigenvalue weighted by molar-refractivity contribution is -0.430. The molecule has 0 aromatic heterocycles. The second-order valence-electron chi connectivity index (χ2n) is 2.91. The zero-order valence-electron chi connectivity index (χ0n) is 7.30. The van der Waals surface area contributed by atoms with Crippen LogP contribution in [0.2, 0.25) is 10.0 Å². The van der Waals surface area contributed by atoms with E-state index in [4.69, 9.17) is 23.2 Å². The molecule has 0 saturated carbocycles. The molecule has 0 spiro atoms. The van der Waals surface area contributed by atoms with E-state index in [0.717, 1.165) is 0 Å². The van der Waals surface area contributed by atoms with Gasteiger partial charge >= 0.3 is 0 Å². The molecule has 0 fully saturated rings. The largest absolute Gasteiger partial charge is 0.550 e. The van der Waals surface area contributed by atoms with E-state index in [-0.39, 0.29) is 6.42 Å². The lowest BCUT2D eigenvalue weighted by atomic mass is 10.0. The van der Waals surface area contributed by atoms with Gasteiger partial charge in [0.25, 0.3) is 0 Å². The minimum absolute atomic E-state index is 0.191. The second-order valence-corrected chi connectivity index (χ2v) is 3.72. The molecular weight excluding hydrogens is 225 g/mol. The summed E-state index contributed by atoms with van der Waals surface area (Å²) in [6.45, 7) is 0. The summed E-state index contributed by atoms with van der Waals surface area (Å²) in [5.41, 5.74) is 4.24. The Labute approximate surface area is 91.4 Å². The SMILES string of the molecule is [NH3+][C@@H](CC(=O)[O-])c1c(Cl)cccc1Cl.